The van der Waals surface area contributed by atoms with E-state index >= 15 is 0 Å². The molecule has 0 heterocycles. The van der Waals surface area contributed by atoms with Crippen molar-refractivity contribution in [3.63, 3.8) is 0 Å². The molecular weight excluding hydrogens is 987 g/mol. The first kappa shape index (κ1) is 56.6. The van der Waals surface area contributed by atoms with Gasteiger partial charge in [-0.05, 0) is 93.1 Å². The molecule has 8 rings (SSSR count). The van der Waals surface area contributed by atoms with Gasteiger partial charge in [0.25, 0.3) is 0 Å². The van der Waals surface area contributed by atoms with Gasteiger partial charge >= 0.3 is 0 Å². The standard InChI is InChI=1S/4C17H14O.Pd/c4*18-17(13-11-15-7-3-1-4-8-15)14-12-16-9-5-2-6-10-16;/h4*1-14H;. The Morgan fingerprint density at radius 1 is 0.178 bits per heavy atom. The molecule has 0 aromatic heterocycles. The molecule has 0 saturated carbocycles. The van der Waals surface area contributed by atoms with Crippen LogP contribution in [0.4, 0.5) is 0 Å². The van der Waals surface area contributed by atoms with Crippen molar-refractivity contribution in [3.8, 4) is 0 Å². The third-order valence-electron chi connectivity index (χ3n) is 9.92. The summed E-state index contributed by atoms with van der Waals surface area (Å²) in [6, 6.07) is 78.2. The van der Waals surface area contributed by atoms with Crippen LogP contribution in [0.2, 0.25) is 0 Å². The quantitative estimate of drug-likeness (QED) is 0.0714. The Balaban J connectivity index is 0.000000210. The van der Waals surface area contributed by atoms with Crippen molar-refractivity contribution in [2.45, 2.75) is 0 Å². The third kappa shape index (κ3) is 26.0. The third-order valence-corrected chi connectivity index (χ3v) is 9.92. The Labute approximate surface area is 444 Å². The minimum absolute atomic E-state index is 0. The fourth-order valence-corrected chi connectivity index (χ4v) is 6.16. The van der Waals surface area contributed by atoms with Crippen LogP contribution >= 0.6 is 0 Å². The topological polar surface area (TPSA) is 68.3 Å². The molecule has 0 amide bonds. The summed E-state index contributed by atoms with van der Waals surface area (Å²) in [5.41, 5.74) is 8.21. The minimum Gasteiger partial charge on any atom is -0.290 e. The summed E-state index contributed by atoms with van der Waals surface area (Å²) >= 11 is 0. The number of carbonyl (C=O) groups excluding carboxylic acids is 4. The molecule has 0 aliphatic heterocycles. The maximum absolute atomic E-state index is 11.6. The molecule has 73 heavy (non-hydrogen) atoms. The van der Waals surface area contributed by atoms with Gasteiger partial charge < -0.3 is 0 Å². The molecule has 0 aliphatic rings. The number of benzene rings is 8. The van der Waals surface area contributed by atoms with Gasteiger partial charge in [-0.2, -0.15) is 0 Å². The van der Waals surface area contributed by atoms with Crippen molar-refractivity contribution >= 4 is 71.7 Å². The molecule has 0 N–H and O–H groups in total. The normalized spacial score (nSPS) is 11.0. The monoisotopic (exact) mass is 1040 g/mol. The predicted molar refractivity (Wildman–Crippen MR) is 304 cm³/mol. The molecule has 0 fully saturated rings. The van der Waals surface area contributed by atoms with Gasteiger partial charge in [-0.25, -0.2) is 0 Å². The Hall–Kier alpha value is -8.98. The molecule has 0 saturated heterocycles. The van der Waals surface area contributed by atoms with Gasteiger partial charge in [0.1, 0.15) is 0 Å². The average molecular weight is 1040 g/mol. The molecule has 0 atom stereocenters. The minimum atomic E-state index is -0.0114. The van der Waals surface area contributed by atoms with Crippen molar-refractivity contribution in [1.29, 1.82) is 0 Å². The van der Waals surface area contributed by atoms with Gasteiger partial charge in [-0.3, -0.25) is 19.2 Å². The van der Waals surface area contributed by atoms with Crippen LogP contribution in [-0.4, -0.2) is 23.1 Å². The zero-order valence-corrected chi connectivity index (χ0v) is 41.8. The first-order chi connectivity index (χ1) is 35.4. The molecule has 362 valence electrons. The molecule has 5 heteroatoms. The summed E-state index contributed by atoms with van der Waals surface area (Å²) in [5.74, 6) is -0.0455. The molecule has 0 bridgehead atoms. The number of allylic oxidation sites excluding steroid dienone is 8. The SMILES string of the molecule is O=C(C=Cc1ccccc1)C=Cc1ccccc1.O=C(C=Cc1ccccc1)C=Cc1ccccc1.O=C(C=Cc1ccccc1)C=Cc1ccccc1.O=C(C=Cc1ccccc1)C=Cc1ccccc1.[Pd]. The molecule has 8 aromatic carbocycles. The first-order valence-corrected chi connectivity index (χ1v) is 23.4. The second-order valence-electron chi connectivity index (χ2n) is 15.6. The summed E-state index contributed by atoms with van der Waals surface area (Å²) in [5, 5.41) is 0. The Morgan fingerprint density at radius 3 is 0.370 bits per heavy atom. The van der Waals surface area contributed by atoms with Crippen LogP contribution in [0.25, 0.3) is 48.6 Å². The van der Waals surface area contributed by atoms with Crippen LogP contribution in [0.3, 0.4) is 0 Å². The Bertz CT molecular complexity index is 2430. The van der Waals surface area contributed by atoms with Gasteiger partial charge in [-0.1, -0.05) is 291 Å². The van der Waals surface area contributed by atoms with Crippen molar-refractivity contribution in [1.82, 2.24) is 0 Å². The van der Waals surface area contributed by atoms with Gasteiger partial charge in [-0.15, -0.1) is 0 Å². The predicted octanol–water partition coefficient (Wildman–Crippen LogP) is 15.9. The van der Waals surface area contributed by atoms with E-state index in [9.17, 15) is 19.2 Å². The maximum atomic E-state index is 11.6. The van der Waals surface area contributed by atoms with E-state index in [0.29, 0.717) is 0 Å². The van der Waals surface area contributed by atoms with Crippen LogP contribution in [0, 0.1) is 0 Å². The van der Waals surface area contributed by atoms with E-state index in [4.69, 9.17) is 0 Å². The van der Waals surface area contributed by atoms with Gasteiger partial charge in [0.05, 0.1) is 0 Å². The zero-order chi connectivity index (χ0) is 50.5. The zero-order valence-electron chi connectivity index (χ0n) is 40.3. The van der Waals surface area contributed by atoms with Crippen LogP contribution in [0.1, 0.15) is 44.5 Å². The summed E-state index contributed by atoms with van der Waals surface area (Å²) < 4.78 is 0. The summed E-state index contributed by atoms with van der Waals surface area (Å²) in [6.45, 7) is 0. The van der Waals surface area contributed by atoms with Crippen molar-refractivity contribution in [3.05, 3.63) is 336 Å². The molecule has 8 aromatic rings. The molecular formula is C68H56O4Pd. The molecule has 4 nitrogen and oxygen atoms in total. The van der Waals surface area contributed by atoms with Crippen LogP contribution in [0.15, 0.2) is 291 Å². The van der Waals surface area contributed by atoms with E-state index in [1.54, 1.807) is 48.6 Å². The average Bonchev–Trinajstić information content (AvgIpc) is 3.45. The number of ketones is 4. The van der Waals surface area contributed by atoms with Gasteiger partial charge in [0.15, 0.2) is 23.1 Å². The van der Waals surface area contributed by atoms with Gasteiger partial charge in [0.2, 0.25) is 0 Å². The fraction of sp³-hybridized carbons (Fsp3) is 0. The summed E-state index contributed by atoms with van der Waals surface area (Å²) in [6.07, 6.45) is 27.2. The number of carbonyl (C=O) groups is 4. The molecule has 0 radical (unpaired) electrons. The first-order valence-electron chi connectivity index (χ1n) is 23.4. The van der Waals surface area contributed by atoms with E-state index < -0.39 is 0 Å². The summed E-state index contributed by atoms with van der Waals surface area (Å²) in [7, 11) is 0. The van der Waals surface area contributed by atoms with Crippen molar-refractivity contribution in [2.24, 2.45) is 0 Å². The second kappa shape index (κ2) is 35.2. The van der Waals surface area contributed by atoms with E-state index in [1.807, 2.05) is 291 Å². The van der Waals surface area contributed by atoms with E-state index in [-0.39, 0.29) is 43.6 Å². The van der Waals surface area contributed by atoms with E-state index in [0.717, 1.165) is 44.5 Å². The summed E-state index contributed by atoms with van der Waals surface area (Å²) in [4.78, 5) is 46.5. The molecule has 0 aliphatic carbocycles. The van der Waals surface area contributed by atoms with Crippen molar-refractivity contribution in [2.75, 3.05) is 0 Å². The van der Waals surface area contributed by atoms with Crippen LogP contribution < -0.4 is 0 Å². The maximum Gasteiger partial charge on any atom is 0.178 e. The van der Waals surface area contributed by atoms with Crippen LogP contribution in [-0.2, 0) is 39.6 Å². The fourth-order valence-electron chi connectivity index (χ4n) is 6.16. The van der Waals surface area contributed by atoms with E-state index in [2.05, 4.69) is 0 Å². The number of rotatable bonds is 16. The molecule has 0 spiro atoms. The second-order valence-corrected chi connectivity index (χ2v) is 15.6. The number of hydrogen-bond acceptors (Lipinski definition) is 4. The largest absolute Gasteiger partial charge is 0.290 e. The van der Waals surface area contributed by atoms with E-state index in [1.165, 1.54) is 0 Å². The smallest absolute Gasteiger partial charge is 0.178 e. The van der Waals surface area contributed by atoms with Gasteiger partial charge in [0, 0.05) is 20.4 Å². The Morgan fingerprint density at radius 2 is 0.274 bits per heavy atom. The van der Waals surface area contributed by atoms with Crippen LogP contribution in [0.5, 0.6) is 0 Å². The number of hydrogen-bond donors (Lipinski definition) is 0. The van der Waals surface area contributed by atoms with Crippen molar-refractivity contribution < 1.29 is 39.6 Å². The Kier molecular flexibility index (Phi) is 27.3. The molecule has 0 unspecified atom stereocenters.